The molecule has 0 bridgehead atoms. The van der Waals surface area contributed by atoms with Crippen molar-refractivity contribution < 1.29 is 9.59 Å². The van der Waals surface area contributed by atoms with E-state index in [4.69, 9.17) is 0 Å². The fraction of sp³-hybridized carbons (Fsp3) is 0.286. The number of benzene rings is 1. The zero-order valence-corrected chi connectivity index (χ0v) is 15.3. The summed E-state index contributed by atoms with van der Waals surface area (Å²) in [4.78, 5) is 37.0. The van der Waals surface area contributed by atoms with Crippen molar-refractivity contribution in [2.45, 2.75) is 19.4 Å². The number of rotatable bonds is 3. The lowest BCUT2D eigenvalue weighted by Crippen LogP contribution is -2.56. The Balaban J connectivity index is 1.53. The number of H-pyrrole nitrogens is 1. The van der Waals surface area contributed by atoms with Crippen molar-refractivity contribution in [3.05, 3.63) is 66.0 Å². The van der Waals surface area contributed by atoms with E-state index >= 15 is 0 Å². The maximum Gasteiger partial charge on any atom is 0.256 e. The van der Waals surface area contributed by atoms with Crippen molar-refractivity contribution in [2.75, 3.05) is 19.6 Å². The number of amides is 2. The van der Waals surface area contributed by atoms with E-state index in [0.717, 1.165) is 11.8 Å². The van der Waals surface area contributed by atoms with E-state index in [1.165, 1.54) is 0 Å². The van der Waals surface area contributed by atoms with Gasteiger partial charge < -0.3 is 14.8 Å². The maximum absolute atomic E-state index is 13.1. The number of aromatic amines is 1. The molecule has 2 amide bonds. The minimum Gasteiger partial charge on any atom is -0.345 e. The summed E-state index contributed by atoms with van der Waals surface area (Å²) in [6.07, 6.45) is 4.23. The molecule has 4 rings (SSSR count). The van der Waals surface area contributed by atoms with Crippen LogP contribution in [0.15, 0.2) is 54.9 Å². The number of hydrogen-bond acceptors (Lipinski definition) is 3. The molecular formula is C21H22N4O2. The summed E-state index contributed by atoms with van der Waals surface area (Å²) >= 11 is 0. The average molecular weight is 362 g/mol. The molecule has 1 N–H and O–H groups in total. The van der Waals surface area contributed by atoms with Crippen LogP contribution in [0.2, 0.25) is 0 Å². The van der Waals surface area contributed by atoms with Gasteiger partial charge in [0.25, 0.3) is 11.8 Å². The third-order valence-electron chi connectivity index (χ3n) is 5.20. The van der Waals surface area contributed by atoms with Crippen molar-refractivity contribution in [3.8, 4) is 0 Å². The molecule has 1 fully saturated rings. The summed E-state index contributed by atoms with van der Waals surface area (Å²) in [5.74, 6) is 0.0188. The van der Waals surface area contributed by atoms with Gasteiger partial charge in [0, 0.05) is 49.0 Å². The molecule has 1 atom stereocenters. The zero-order chi connectivity index (χ0) is 18.8. The predicted molar refractivity (Wildman–Crippen MR) is 104 cm³/mol. The van der Waals surface area contributed by atoms with Crippen LogP contribution >= 0.6 is 0 Å². The summed E-state index contributed by atoms with van der Waals surface area (Å²) in [6.45, 7) is 3.67. The van der Waals surface area contributed by atoms with E-state index in [9.17, 15) is 9.59 Å². The van der Waals surface area contributed by atoms with E-state index in [-0.39, 0.29) is 17.9 Å². The van der Waals surface area contributed by atoms with Crippen LogP contribution < -0.4 is 0 Å². The number of fused-ring (bicyclic) bond motifs is 1. The van der Waals surface area contributed by atoms with Gasteiger partial charge in [0.1, 0.15) is 5.65 Å². The molecule has 1 unspecified atom stereocenters. The number of carbonyl (C=O) groups is 2. The number of carbonyl (C=O) groups excluding carboxylic acids is 2. The first-order valence-corrected chi connectivity index (χ1v) is 9.26. The molecule has 1 aliphatic heterocycles. The summed E-state index contributed by atoms with van der Waals surface area (Å²) in [7, 11) is 0. The Morgan fingerprint density at radius 2 is 1.93 bits per heavy atom. The zero-order valence-electron chi connectivity index (χ0n) is 15.3. The maximum atomic E-state index is 13.1. The van der Waals surface area contributed by atoms with Crippen LogP contribution in [-0.4, -0.2) is 57.3 Å². The van der Waals surface area contributed by atoms with Gasteiger partial charge in [-0.15, -0.1) is 0 Å². The molecule has 0 aliphatic carbocycles. The lowest BCUT2D eigenvalue weighted by atomic mass is 10.1. The highest BCUT2D eigenvalue weighted by molar-refractivity contribution is 6.06. The van der Waals surface area contributed by atoms with Gasteiger partial charge in [-0.05, 0) is 30.7 Å². The van der Waals surface area contributed by atoms with Crippen LogP contribution in [0.25, 0.3) is 11.0 Å². The van der Waals surface area contributed by atoms with Gasteiger partial charge in [-0.3, -0.25) is 9.59 Å². The van der Waals surface area contributed by atoms with Crippen molar-refractivity contribution in [3.63, 3.8) is 0 Å². The second-order valence-corrected chi connectivity index (χ2v) is 6.78. The second-order valence-electron chi connectivity index (χ2n) is 6.78. The van der Waals surface area contributed by atoms with Gasteiger partial charge in [-0.25, -0.2) is 4.98 Å². The fourth-order valence-corrected chi connectivity index (χ4v) is 3.71. The minimum atomic E-state index is -0.0143. The summed E-state index contributed by atoms with van der Waals surface area (Å²) in [6, 6.07) is 13.1. The Morgan fingerprint density at radius 3 is 2.70 bits per heavy atom. The van der Waals surface area contributed by atoms with E-state index in [0.29, 0.717) is 36.4 Å². The van der Waals surface area contributed by atoms with Crippen molar-refractivity contribution in [2.24, 2.45) is 0 Å². The highest BCUT2D eigenvalue weighted by Gasteiger charge is 2.32. The van der Waals surface area contributed by atoms with Crippen LogP contribution in [0.5, 0.6) is 0 Å². The molecule has 6 nitrogen and oxygen atoms in total. The summed E-state index contributed by atoms with van der Waals surface area (Å²) in [5, 5.41) is 0.832. The molecule has 0 radical (unpaired) electrons. The molecule has 1 aliphatic rings. The predicted octanol–water partition coefficient (Wildman–Crippen LogP) is 2.94. The lowest BCUT2D eigenvalue weighted by Gasteiger charge is -2.41. The van der Waals surface area contributed by atoms with Gasteiger partial charge in [-0.2, -0.15) is 0 Å². The molecule has 0 saturated carbocycles. The molecule has 1 aromatic carbocycles. The largest absolute Gasteiger partial charge is 0.345 e. The van der Waals surface area contributed by atoms with Crippen LogP contribution in [0, 0.1) is 0 Å². The summed E-state index contributed by atoms with van der Waals surface area (Å²) < 4.78 is 0. The van der Waals surface area contributed by atoms with E-state index in [1.54, 1.807) is 12.4 Å². The topological polar surface area (TPSA) is 69.3 Å². The van der Waals surface area contributed by atoms with Crippen LogP contribution in [0.3, 0.4) is 0 Å². The number of pyridine rings is 1. The third kappa shape index (κ3) is 3.18. The van der Waals surface area contributed by atoms with Gasteiger partial charge in [-0.1, -0.05) is 25.1 Å². The molecular weight excluding hydrogens is 340 g/mol. The first kappa shape index (κ1) is 17.3. The summed E-state index contributed by atoms with van der Waals surface area (Å²) in [5.41, 5.74) is 2.04. The molecule has 27 heavy (non-hydrogen) atoms. The van der Waals surface area contributed by atoms with Crippen molar-refractivity contribution in [1.82, 2.24) is 19.8 Å². The van der Waals surface area contributed by atoms with Gasteiger partial charge >= 0.3 is 0 Å². The molecule has 6 heteroatoms. The van der Waals surface area contributed by atoms with E-state index in [2.05, 4.69) is 16.9 Å². The Labute approximate surface area is 157 Å². The average Bonchev–Trinajstić information content (AvgIpc) is 3.17. The molecule has 3 aromatic rings. The normalized spacial score (nSPS) is 17.3. The Bertz CT molecular complexity index is 966. The minimum absolute atomic E-state index is 0.0127. The van der Waals surface area contributed by atoms with Crippen molar-refractivity contribution in [1.29, 1.82) is 0 Å². The number of nitrogens with one attached hydrogen (secondary N) is 1. The standard InChI is InChI=1S/C21H22N4O2/c1-2-16-14-24(11-12-25(16)20(26)15-7-4-3-5-8-15)21(27)18-13-23-19-17(18)9-6-10-22-19/h3-10,13,16H,2,11-12,14H2,1H3,(H,22,23). The SMILES string of the molecule is CCC1CN(C(=O)c2c[nH]c3ncccc23)CCN1C(=O)c1ccccc1. The Hall–Kier alpha value is -3.15. The first-order chi connectivity index (χ1) is 13.2. The molecule has 3 heterocycles. The van der Waals surface area contributed by atoms with Gasteiger partial charge in [0.15, 0.2) is 0 Å². The quantitative estimate of drug-likeness (QED) is 0.779. The molecule has 2 aromatic heterocycles. The third-order valence-corrected chi connectivity index (χ3v) is 5.20. The highest BCUT2D eigenvalue weighted by atomic mass is 16.2. The van der Waals surface area contributed by atoms with E-state index < -0.39 is 0 Å². The second kappa shape index (κ2) is 7.23. The highest BCUT2D eigenvalue weighted by Crippen LogP contribution is 2.22. The Kier molecular flexibility index (Phi) is 4.62. The Morgan fingerprint density at radius 1 is 1.11 bits per heavy atom. The number of piperazine rings is 1. The van der Waals surface area contributed by atoms with Gasteiger partial charge in [0.2, 0.25) is 0 Å². The first-order valence-electron chi connectivity index (χ1n) is 9.26. The molecule has 138 valence electrons. The van der Waals surface area contributed by atoms with Crippen LogP contribution in [-0.2, 0) is 0 Å². The molecule has 0 spiro atoms. The fourth-order valence-electron chi connectivity index (χ4n) is 3.71. The van der Waals surface area contributed by atoms with Crippen LogP contribution in [0.4, 0.5) is 0 Å². The van der Waals surface area contributed by atoms with Crippen LogP contribution in [0.1, 0.15) is 34.1 Å². The smallest absolute Gasteiger partial charge is 0.256 e. The monoisotopic (exact) mass is 362 g/mol. The number of aromatic nitrogens is 2. The van der Waals surface area contributed by atoms with Crippen molar-refractivity contribution >= 4 is 22.8 Å². The van der Waals surface area contributed by atoms with E-state index in [1.807, 2.05) is 52.3 Å². The molecule has 1 saturated heterocycles. The lowest BCUT2D eigenvalue weighted by molar-refractivity contribution is 0.0381. The van der Waals surface area contributed by atoms with Gasteiger partial charge in [0.05, 0.1) is 5.56 Å². The number of nitrogens with zero attached hydrogens (tertiary/aromatic N) is 3. The number of hydrogen-bond donors (Lipinski definition) is 1.